The third-order valence-corrected chi connectivity index (χ3v) is 11.5. The second-order valence-electron chi connectivity index (χ2n) is 15.1. The van der Waals surface area contributed by atoms with E-state index < -0.39 is 0 Å². The van der Waals surface area contributed by atoms with Gasteiger partial charge in [-0.3, -0.25) is 0 Å². The topological polar surface area (TPSA) is 56.7 Å². The Balaban J connectivity index is 1.12. The minimum absolute atomic E-state index is 0.0228. The second kappa shape index (κ2) is 14.7. The number of furan rings is 1. The molecule has 290 valence electrons. The van der Waals surface area contributed by atoms with Crippen LogP contribution in [0.3, 0.4) is 0 Å². The summed E-state index contributed by atoms with van der Waals surface area (Å²) in [7, 11) is 0. The molecule has 5 nitrogen and oxygen atoms in total. The van der Waals surface area contributed by atoms with Crippen LogP contribution in [0, 0.1) is 0 Å². The van der Waals surface area contributed by atoms with E-state index in [1.807, 2.05) is 115 Å². The monoisotopic (exact) mass is 798 g/mol. The highest BCUT2D eigenvalue weighted by Crippen LogP contribution is 2.42. The second-order valence-corrected chi connectivity index (χ2v) is 15.1. The molecule has 3 aromatic heterocycles. The Kier molecular flexibility index (Phi) is 7.05. The maximum absolute atomic E-state index is 9.49. The SMILES string of the molecule is [2H]c1cc([2H])c2oc3c(-c4ccc(-c5nc(-c6ccc(-c7ccccc7)cc6)nc(-c6ccc(-c7ccccc7)cc6)n5)cc4-n4c5ccccc5c5ccccc54)c([2H])c([2H])c([2H])c3c2c1[2H]. The zero-order chi connectivity index (χ0) is 46.2. The lowest BCUT2D eigenvalue weighted by Crippen LogP contribution is -2.02. The quantitative estimate of drug-likeness (QED) is 0.161. The van der Waals surface area contributed by atoms with Crippen molar-refractivity contribution in [3.05, 3.63) is 218 Å². The molecule has 62 heavy (non-hydrogen) atoms. The molecular formula is C57H36N4O. The van der Waals surface area contributed by atoms with Crippen LogP contribution >= 0.6 is 0 Å². The van der Waals surface area contributed by atoms with Crippen molar-refractivity contribution in [1.82, 2.24) is 19.5 Å². The first-order valence-corrected chi connectivity index (χ1v) is 20.4. The van der Waals surface area contributed by atoms with Crippen LogP contribution in [0.2, 0.25) is 0 Å². The minimum atomic E-state index is -0.364. The van der Waals surface area contributed by atoms with Crippen LogP contribution in [0.15, 0.2) is 223 Å². The number of benzene rings is 9. The molecule has 0 saturated heterocycles. The Hall–Kier alpha value is -8.41. The van der Waals surface area contributed by atoms with E-state index in [0.29, 0.717) is 34.3 Å². The number of para-hydroxylation sites is 4. The molecule has 0 atom stereocenters. The van der Waals surface area contributed by atoms with Crippen LogP contribution in [0.25, 0.3) is 117 Å². The Morgan fingerprint density at radius 2 is 0.855 bits per heavy atom. The average Bonchev–Trinajstić information content (AvgIpc) is 3.96. The zero-order valence-electron chi connectivity index (χ0n) is 39.0. The van der Waals surface area contributed by atoms with E-state index >= 15 is 0 Å². The van der Waals surface area contributed by atoms with Gasteiger partial charge in [-0.25, -0.2) is 15.0 Å². The Morgan fingerprint density at radius 1 is 0.371 bits per heavy atom. The van der Waals surface area contributed by atoms with Gasteiger partial charge >= 0.3 is 0 Å². The summed E-state index contributed by atoms with van der Waals surface area (Å²) in [5.74, 6) is 1.36. The van der Waals surface area contributed by atoms with Crippen molar-refractivity contribution in [2.24, 2.45) is 0 Å². The van der Waals surface area contributed by atoms with Crippen molar-refractivity contribution < 1.29 is 12.6 Å². The molecule has 0 fully saturated rings. The number of rotatable bonds is 7. The predicted molar refractivity (Wildman–Crippen MR) is 254 cm³/mol. The number of fused-ring (bicyclic) bond motifs is 6. The highest BCUT2D eigenvalue weighted by Gasteiger charge is 2.21. The van der Waals surface area contributed by atoms with Crippen molar-refractivity contribution in [2.45, 2.75) is 0 Å². The van der Waals surface area contributed by atoms with Crippen LogP contribution < -0.4 is 0 Å². The van der Waals surface area contributed by atoms with E-state index in [1.54, 1.807) is 0 Å². The summed E-state index contributed by atoms with van der Waals surface area (Å²) in [6, 6.07) is 58.4. The van der Waals surface area contributed by atoms with Crippen LogP contribution in [-0.4, -0.2) is 19.5 Å². The molecule has 0 aliphatic heterocycles. The Morgan fingerprint density at radius 3 is 1.45 bits per heavy atom. The van der Waals surface area contributed by atoms with Gasteiger partial charge in [0.2, 0.25) is 0 Å². The van der Waals surface area contributed by atoms with Crippen LogP contribution in [0.5, 0.6) is 0 Å². The van der Waals surface area contributed by atoms with E-state index in [1.165, 1.54) is 6.07 Å². The van der Waals surface area contributed by atoms with E-state index in [9.17, 15) is 1.37 Å². The van der Waals surface area contributed by atoms with Crippen LogP contribution in [-0.2, 0) is 0 Å². The van der Waals surface area contributed by atoms with E-state index in [0.717, 1.165) is 55.2 Å². The van der Waals surface area contributed by atoms with Crippen molar-refractivity contribution in [3.63, 3.8) is 0 Å². The lowest BCUT2D eigenvalue weighted by atomic mass is 9.98. The predicted octanol–water partition coefficient (Wildman–Crippen LogP) is 14.9. The molecule has 0 N–H and O–H groups in total. The molecule has 0 aliphatic rings. The number of hydrogen-bond donors (Lipinski definition) is 0. The van der Waals surface area contributed by atoms with Crippen molar-refractivity contribution >= 4 is 43.7 Å². The normalized spacial score (nSPS) is 12.9. The van der Waals surface area contributed by atoms with E-state index in [-0.39, 0.29) is 63.8 Å². The summed E-state index contributed by atoms with van der Waals surface area (Å²) in [6.07, 6.45) is 0. The number of hydrogen-bond acceptors (Lipinski definition) is 4. The molecule has 0 unspecified atom stereocenters. The molecule has 3 heterocycles. The summed E-state index contributed by atoms with van der Waals surface area (Å²) in [6.45, 7) is 0. The first-order chi connectivity index (χ1) is 33.2. The van der Waals surface area contributed by atoms with Crippen LogP contribution in [0.4, 0.5) is 0 Å². The van der Waals surface area contributed by atoms with E-state index in [4.69, 9.17) is 26.2 Å². The zero-order valence-corrected chi connectivity index (χ0v) is 33.0. The molecule has 0 aliphatic carbocycles. The van der Waals surface area contributed by atoms with Gasteiger partial charge in [0, 0.05) is 49.4 Å². The van der Waals surface area contributed by atoms with Crippen molar-refractivity contribution in [1.29, 1.82) is 0 Å². The molecule has 12 rings (SSSR count). The Bertz CT molecular complexity index is 3810. The highest BCUT2D eigenvalue weighted by molar-refractivity contribution is 6.12. The summed E-state index contributed by atoms with van der Waals surface area (Å²) in [4.78, 5) is 15.4. The summed E-state index contributed by atoms with van der Waals surface area (Å²) in [5, 5.41) is 2.23. The summed E-state index contributed by atoms with van der Waals surface area (Å²) in [5.41, 5.74) is 9.81. The number of nitrogens with zero attached hydrogens (tertiary/aromatic N) is 4. The van der Waals surface area contributed by atoms with Gasteiger partial charge in [0.15, 0.2) is 17.5 Å². The maximum Gasteiger partial charge on any atom is 0.164 e. The smallest absolute Gasteiger partial charge is 0.164 e. The molecule has 0 bridgehead atoms. The summed E-state index contributed by atoms with van der Waals surface area (Å²) >= 11 is 0. The molecule has 0 radical (unpaired) electrons. The van der Waals surface area contributed by atoms with Gasteiger partial charge < -0.3 is 8.98 Å². The van der Waals surface area contributed by atoms with Crippen LogP contribution in [0.1, 0.15) is 8.22 Å². The molecule has 0 amide bonds. The Labute approximate surface area is 366 Å². The molecule has 0 saturated carbocycles. The molecular weight excluding hydrogens is 757 g/mol. The fourth-order valence-electron chi connectivity index (χ4n) is 8.46. The average molecular weight is 799 g/mol. The first kappa shape index (κ1) is 29.7. The largest absolute Gasteiger partial charge is 0.455 e. The van der Waals surface area contributed by atoms with Gasteiger partial charge in [0.25, 0.3) is 0 Å². The first-order valence-electron chi connectivity index (χ1n) is 23.4. The third kappa shape index (κ3) is 6.06. The number of aromatic nitrogens is 4. The van der Waals surface area contributed by atoms with Gasteiger partial charge in [-0.05, 0) is 46.5 Å². The van der Waals surface area contributed by atoms with E-state index in [2.05, 4.69) is 65.2 Å². The van der Waals surface area contributed by atoms with Gasteiger partial charge in [0.05, 0.1) is 24.9 Å². The third-order valence-electron chi connectivity index (χ3n) is 11.5. The fraction of sp³-hybridized carbons (Fsp3) is 0. The van der Waals surface area contributed by atoms with Crippen molar-refractivity contribution in [2.75, 3.05) is 0 Å². The molecule has 12 aromatic rings. The van der Waals surface area contributed by atoms with Gasteiger partial charge in [-0.2, -0.15) is 0 Å². The molecule has 9 aromatic carbocycles. The standard InChI is InChI=1S/C57H36N4O/c1-3-14-37(15-4-1)39-26-30-41(31-27-39)55-58-56(42-32-28-40(29-33-42)38-16-5-2-6-17-38)60-57(59-55)43-34-35-46(48-21-13-22-49-47-20-9-12-25-53(47)62-54(48)49)52(36-43)61-50-23-10-7-18-44(50)45-19-8-11-24-51(45)61/h1-36H/i9D,13D,20D,21D,22D,25D. The fourth-order valence-corrected chi connectivity index (χ4v) is 8.46. The van der Waals surface area contributed by atoms with Gasteiger partial charge in [-0.1, -0.05) is 194 Å². The van der Waals surface area contributed by atoms with Gasteiger partial charge in [0.1, 0.15) is 11.2 Å². The lowest BCUT2D eigenvalue weighted by molar-refractivity contribution is 0.670. The lowest BCUT2D eigenvalue weighted by Gasteiger charge is -2.16. The summed E-state index contributed by atoms with van der Waals surface area (Å²) < 4.78 is 62.3. The molecule has 0 spiro atoms. The minimum Gasteiger partial charge on any atom is -0.455 e. The highest BCUT2D eigenvalue weighted by atomic mass is 16.3. The maximum atomic E-state index is 9.49. The van der Waals surface area contributed by atoms with Crippen molar-refractivity contribution in [3.8, 4) is 73.2 Å². The molecule has 5 heteroatoms. The van der Waals surface area contributed by atoms with Gasteiger partial charge in [-0.15, -0.1) is 0 Å².